The minimum atomic E-state index is 0.277. The van der Waals surface area contributed by atoms with Gasteiger partial charge in [0.25, 0.3) is 0 Å². The Kier molecular flexibility index (Phi) is 3.23. The summed E-state index contributed by atoms with van der Waals surface area (Å²) in [5.74, 6) is 1.47. The van der Waals surface area contributed by atoms with Gasteiger partial charge in [-0.15, -0.1) is 0 Å². The molecule has 0 aromatic carbocycles. The second-order valence-corrected chi connectivity index (χ2v) is 3.40. The van der Waals surface area contributed by atoms with Gasteiger partial charge >= 0.3 is 0 Å². The molecule has 1 aromatic heterocycles. The Labute approximate surface area is 78.2 Å². The third-order valence-electron chi connectivity index (χ3n) is 2.55. The second kappa shape index (κ2) is 4.21. The Morgan fingerprint density at radius 1 is 1.62 bits per heavy atom. The Balaban J connectivity index is 2.76. The first-order valence-corrected chi connectivity index (χ1v) is 4.59. The van der Waals surface area contributed by atoms with Crippen molar-refractivity contribution in [2.45, 2.75) is 33.1 Å². The molecule has 0 N–H and O–H groups in total. The molecule has 0 saturated carbocycles. The van der Waals surface area contributed by atoms with Crippen LogP contribution in [0.3, 0.4) is 0 Å². The summed E-state index contributed by atoms with van der Waals surface area (Å²) in [5, 5.41) is 0. The van der Waals surface area contributed by atoms with Crippen molar-refractivity contribution in [2.24, 2.45) is 5.92 Å². The molecular formula is C10H15NO2. The highest BCUT2D eigenvalue weighted by molar-refractivity contribution is 5.70. The fraction of sp³-hybridized carbons (Fsp3) is 0.600. The lowest BCUT2D eigenvalue weighted by atomic mass is 9.94. The van der Waals surface area contributed by atoms with Crippen LogP contribution >= 0.6 is 0 Å². The molecule has 72 valence electrons. The molecule has 1 heterocycles. The molecule has 1 unspecified atom stereocenters. The van der Waals surface area contributed by atoms with Crippen molar-refractivity contribution in [3.05, 3.63) is 17.8 Å². The van der Waals surface area contributed by atoms with E-state index in [4.69, 9.17) is 4.42 Å². The average molecular weight is 181 g/mol. The van der Waals surface area contributed by atoms with Crippen LogP contribution in [0, 0.1) is 5.92 Å². The summed E-state index contributed by atoms with van der Waals surface area (Å²) < 4.78 is 5.20. The predicted molar refractivity (Wildman–Crippen MR) is 49.8 cm³/mol. The van der Waals surface area contributed by atoms with Crippen LogP contribution in [-0.2, 0) is 0 Å². The predicted octanol–water partition coefficient (Wildman–Crippen LogP) is 2.64. The van der Waals surface area contributed by atoms with Crippen LogP contribution in [0.15, 0.2) is 10.7 Å². The lowest BCUT2D eigenvalue weighted by molar-refractivity contribution is 0.111. The number of aromatic nitrogens is 1. The minimum Gasteiger partial charge on any atom is -0.448 e. The largest absolute Gasteiger partial charge is 0.448 e. The molecule has 2 atom stereocenters. The van der Waals surface area contributed by atoms with Gasteiger partial charge in [0.05, 0.1) is 0 Å². The molecule has 0 radical (unpaired) electrons. The number of aldehydes is 1. The number of oxazole rings is 1. The molecule has 0 spiro atoms. The zero-order valence-corrected chi connectivity index (χ0v) is 8.28. The molecule has 0 aliphatic carbocycles. The smallest absolute Gasteiger partial charge is 0.197 e. The summed E-state index contributed by atoms with van der Waals surface area (Å²) >= 11 is 0. The Hall–Kier alpha value is -1.12. The molecule has 0 bridgehead atoms. The zero-order chi connectivity index (χ0) is 9.84. The van der Waals surface area contributed by atoms with E-state index in [1.165, 1.54) is 6.26 Å². The second-order valence-electron chi connectivity index (χ2n) is 3.40. The quantitative estimate of drug-likeness (QED) is 0.670. The molecule has 0 aliphatic heterocycles. The van der Waals surface area contributed by atoms with Crippen LogP contribution in [0.2, 0.25) is 0 Å². The van der Waals surface area contributed by atoms with Crippen molar-refractivity contribution < 1.29 is 9.21 Å². The maximum absolute atomic E-state index is 10.4. The van der Waals surface area contributed by atoms with Crippen molar-refractivity contribution >= 4 is 6.29 Å². The highest BCUT2D eigenvalue weighted by Crippen LogP contribution is 2.25. The summed E-state index contributed by atoms with van der Waals surface area (Å²) in [4.78, 5) is 14.4. The van der Waals surface area contributed by atoms with Crippen molar-refractivity contribution in [1.29, 1.82) is 0 Å². The Bertz CT molecular complexity index is 280. The monoisotopic (exact) mass is 181 g/mol. The normalized spacial score (nSPS) is 15.3. The summed E-state index contributed by atoms with van der Waals surface area (Å²) in [6.07, 6.45) is 3.19. The summed E-state index contributed by atoms with van der Waals surface area (Å²) in [6, 6.07) is 0. The SMILES string of the molecule is CC[C@@H](C)C(C)c1nc(C=O)co1. The van der Waals surface area contributed by atoms with Gasteiger partial charge < -0.3 is 4.42 Å². The molecule has 3 heteroatoms. The molecule has 1 aromatic rings. The third kappa shape index (κ3) is 2.17. The van der Waals surface area contributed by atoms with E-state index in [1.807, 2.05) is 0 Å². The van der Waals surface area contributed by atoms with Crippen LogP contribution in [-0.4, -0.2) is 11.3 Å². The standard InChI is InChI=1S/C10H15NO2/c1-4-7(2)8(3)10-11-9(5-12)6-13-10/h5-8H,4H2,1-3H3/t7-,8?/m1/s1. The summed E-state index contributed by atoms with van der Waals surface area (Å²) in [7, 11) is 0. The van der Waals surface area contributed by atoms with Crippen molar-refractivity contribution in [1.82, 2.24) is 4.98 Å². The van der Waals surface area contributed by atoms with Crippen LogP contribution in [0.25, 0.3) is 0 Å². The number of hydrogen-bond acceptors (Lipinski definition) is 3. The van der Waals surface area contributed by atoms with E-state index in [-0.39, 0.29) is 5.92 Å². The van der Waals surface area contributed by atoms with Crippen LogP contribution in [0.1, 0.15) is 49.5 Å². The molecule has 0 aliphatic rings. The van der Waals surface area contributed by atoms with Crippen LogP contribution < -0.4 is 0 Å². The van der Waals surface area contributed by atoms with Crippen molar-refractivity contribution in [3.8, 4) is 0 Å². The number of hydrogen-bond donors (Lipinski definition) is 0. The van der Waals surface area contributed by atoms with Gasteiger partial charge in [-0.25, -0.2) is 4.98 Å². The molecule has 0 amide bonds. The van der Waals surface area contributed by atoms with Gasteiger partial charge in [-0.05, 0) is 5.92 Å². The van der Waals surface area contributed by atoms with Gasteiger partial charge in [-0.2, -0.15) is 0 Å². The first-order chi connectivity index (χ1) is 6.19. The third-order valence-corrected chi connectivity index (χ3v) is 2.55. The van der Waals surface area contributed by atoms with Crippen LogP contribution in [0.4, 0.5) is 0 Å². The maximum Gasteiger partial charge on any atom is 0.197 e. The summed E-state index contributed by atoms with van der Waals surface area (Å²) in [5.41, 5.74) is 0.380. The van der Waals surface area contributed by atoms with Gasteiger partial charge in [0.2, 0.25) is 0 Å². The van der Waals surface area contributed by atoms with E-state index < -0.39 is 0 Å². The number of carbonyl (C=O) groups is 1. The van der Waals surface area contributed by atoms with E-state index in [9.17, 15) is 4.79 Å². The molecular weight excluding hydrogens is 166 g/mol. The Morgan fingerprint density at radius 3 is 2.77 bits per heavy atom. The lowest BCUT2D eigenvalue weighted by Crippen LogP contribution is -2.05. The van der Waals surface area contributed by atoms with Crippen LogP contribution in [0.5, 0.6) is 0 Å². The maximum atomic E-state index is 10.4. The molecule has 3 nitrogen and oxygen atoms in total. The fourth-order valence-electron chi connectivity index (χ4n) is 1.16. The first-order valence-electron chi connectivity index (χ1n) is 4.59. The van der Waals surface area contributed by atoms with E-state index in [0.29, 0.717) is 23.8 Å². The topological polar surface area (TPSA) is 43.1 Å². The van der Waals surface area contributed by atoms with Gasteiger partial charge in [-0.3, -0.25) is 4.79 Å². The fourth-order valence-corrected chi connectivity index (χ4v) is 1.16. The van der Waals surface area contributed by atoms with Gasteiger partial charge in [-0.1, -0.05) is 27.2 Å². The Morgan fingerprint density at radius 2 is 2.31 bits per heavy atom. The molecule has 13 heavy (non-hydrogen) atoms. The molecule has 1 rings (SSSR count). The first kappa shape index (κ1) is 9.96. The summed E-state index contributed by atoms with van der Waals surface area (Å²) in [6.45, 7) is 6.34. The van der Waals surface area contributed by atoms with Crippen molar-refractivity contribution in [3.63, 3.8) is 0 Å². The molecule has 0 fully saturated rings. The van der Waals surface area contributed by atoms with E-state index in [2.05, 4.69) is 25.8 Å². The molecule has 0 saturated heterocycles. The van der Waals surface area contributed by atoms with Gasteiger partial charge in [0.1, 0.15) is 12.0 Å². The number of rotatable bonds is 4. The van der Waals surface area contributed by atoms with Gasteiger partial charge in [0, 0.05) is 5.92 Å². The minimum absolute atomic E-state index is 0.277. The van der Waals surface area contributed by atoms with E-state index in [1.54, 1.807) is 0 Å². The van der Waals surface area contributed by atoms with Gasteiger partial charge in [0.15, 0.2) is 12.2 Å². The van der Waals surface area contributed by atoms with E-state index >= 15 is 0 Å². The zero-order valence-electron chi connectivity index (χ0n) is 8.28. The highest BCUT2D eigenvalue weighted by atomic mass is 16.3. The van der Waals surface area contributed by atoms with Crippen molar-refractivity contribution in [2.75, 3.05) is 0 Å². The highest BCUT2D eigenvalue weighted by Gasteiger charge is 2.17. The average Bonchev–Trinajstić information content (AvgIpc) is 2.63. The number of nitrogens with zero attached hydrogens (tertiary/aromatic N) is 1. The number of carbonyl (C=O) groups excluding carboxylic acids is 1. The van der Waals surface area contributed by atoms with E-state index in [0.717, 1.165) is 6.42 Å². The lowest BCUT2D eigenvalue weighted by Gasteiger charge is -2.13.